The molecule has 8 heteroatoms. The topological polar surface area (TPSA) is 87.5 Å². The van der Waals surface area contributed by atoms with Gasteiger partial charge in [-0.2, -0.15) is 4.39 Å². The highest BCUT2D eigenvalue weighted by Crippen LogP contribution is 2.21. The Hall–Kier alpha value is -2.06. The van der Waals surface area contributed by atoms with Crippen molar-refractivity contribution in [1.29, 1.82) is 0 Å². The minimum atomic E-state index is -0.965. The van der Waals surface area contributed by atoms with Crippen LogP contribution >= 0.6 is 0 Å². The molecule has 114 valence electrons. The van der Waals surface area contributed by atoms with Crippen molar-refractivity contribution in [1.82, 2.24) is 10.2 Å². The summed E-state index contributed by atoms with van der Waals surface area (Å²) in [6, 6.07) is 2.98. The molecule has 0 aliphatic carbocycles. The molecular formula is C13H17FN4O3. The molecule has 0 aromatic heterocycles. The number of hydrogen-bond acceptors (Lipinski definition) is 5. The van der Waals surface area contributed by atoms with E-state index in [1.807, 2.05) is 4.90 Å². The molecule has 1 atom stereocenters. The van der Waals surface area contributed by atoms with Crippen LogP contribution in [0.4, 0.5) is 15.8 Å². The van der Waals surface area contributed by atoms with Crippen molar-refractivity contribution < 1.29 is 14.1 Å². The maximum absolute atomic E-state index is 13.5. The van der Waals surface area contributed by atoms with Crippen LogP contribution in [-0.2, 0) is 4.79 Å². The molecule has 1 heterocycles. The van der Waals surface area contributed by atoms with Crippen LogP contribution in [0.5, 0.6) is 0 Å². The van der Waals surface area contributed by atoms with Gasteiger partial charge in [-0.15, -0.1) is 0 Å². The summed E-state index contributed by atoms with van der Waals surface area (Å²) in [7, 11) is 0. The molecule has 2 N–H and O–H groups in total. The first-order chi connectivity index (χ1) is 9.99. The summed E-state index contributed by atoms with van der Waals surface area (Å²) in [5.74, 6) is -1.22. The number of hydrogen-bond donors (Lipinski definition) is 2. The molecule has 1 fully saturated rings. The molecule has 2 rings (SSSR count). The number of nitro groups is 1. The summed E-state index contributed by atoms with van der Waals surface area (Å²) in [5, 5.41) is 16.3. The molecule has 21 heavy (non-hydrogen) atoms. The van der Waals surface area contributed by atoms with E-state index in [2.05, 4.69) is 10.6 Å². The summed E-state index contributed by atoms with van der Waals surface area (Å²) in [6.45, 7) is 4.96. The Labute approximate surface area is 121 Å². The smallest absolute Gasteiger partial charge is 0.304 e. The highest BCUT2D eigenvalue weighted by atomic mass is 19.1. The lowest BCUT2D eigenvalue weighted by Crippen LogP contribution is -2.51. The Kier molecular flexibility index (Phi) is 4.81. The van der Waals surface area contributed by atoms with Gasteiger partial charge in [-0.1, -0.05) is 0 Å². The van der Waals surface area contributed by atoms with E-state index in [0.717, 1.165) is 38.3 Å². The zero-order valence-corrected chi connectivity index (χ0v) is 11.6. The van der Waals surface area contributed by atoms with Crippen molar-refractivity contribution in [2.24, 2.45) is 0 Å². The van der Waals surface area contributed by atoms with Gasteiger partial charge in [0.2, 0.25) is 11.7 Å². The van der Waals surface area contributed by atoms with Gasteiger partial charge in [0.25, 0.3) is 0 Å². The number of amides is 1. The average molecular weight is 296 g/mol. The standard InChI is InChI=1S/C13H17FN4O3/c1-9(17-6-4-15-5-7-17)13(19)16-10-2-3-12(18(20)21)11(14)8-10/h2-3,8-9,15H,4-7H2,1H3,(H,16,19). The van der Waals surface area contributed by atoms with Gasteiger partial charge in [-0.3, -0.25) is 19.8 Å². The maximum atomic E-state index is 13.5. The third kappa shape index (κ3) is 3.73. The number of nitro benzene ring substituents is 1. The minimum absolute atomic E-state index is 0.213. The number of benzene rings is 1. The van der Waals surface area contributed by atoms with Crippen molar-refractivity contribution in [3.63, 3.8) is 0 Å². The lowest BCUT2D eigenvalue weighted by atomic mass is 10.2. The number of nitrogens with one attached hydrogen (secondary N) is 2. The molecule has 1 aliphatic heterocycles. The Balaban J connectivity index is 2.01. The van der Waals surface area contributed by atoms with Gasteiger partial charge in [0.1, 0.15) is 0 Å². The Bertz CT molecular complexity index is 546. The van der Waals surface area contributed by atoms with Crippen LogP contribution in [0.15, 0.2) is 18.2 Å². The number of rotatable bonds is 4. The largest absolute Gasteiger partial charge is 0.325 e. The monoisotopic (exact) mass is 296 g/mol. The lowest BCUT2D eigenvalue weighted by molar-refractivity contribution is -0.387. The molecule has 0 saturated carbocycles. The van der Waals surface area contributed by atoms with Crippen molar-refractivity contribution >= 4 is 17.3 Å². The first-order valence-electron chi connectivity index (χ1n) is 6.68. The Morgan fingerprint density at radius 1 is 1.48 bits per heavy atom. The highest BCUT2D eigenvalue weighted by molar-refractivity contribution is 5.94. The van der Waals surface area contributed by atoms with Gasteiger partial charge < -0.3 is 10.6 Å². The summed E-state index contributed by atoms with van der Waals surface area (Å²) < 4.78 is 13.5. The molecule has 1 aromatic rings. The minimum Gasteiger partial charge on any atom is -0.325 e. The summed E-state index contributed by atoms with van der Waals surface area (Å²) in [6.07, 6.45) is 0. The second-order valence-corrected chi connectivity index (χ2v) is 4.87. The van der Waals surface area contributed by atoms with E-state index in [-0.39, 0.29) is 17.6 Å². The van der Waals surface area contributed by atoms with Crippen LogP contribution in [-0.4, -0.2) is 48.0 Å². The average Bonchev–Trinajstić information content (AvgIpc) is 2.47. The van der Waals surface area contributed by atoms with E-state index >= 15 is 0 Å². The fourth-order valence-corrected chi connectivity index (χ4v) is 2.21. The van der Waals surface area contributed by atoms with Gasteiger partial charge in [-0.05, 0) is 13.0 Å². The van der Waals surface area contributed by atoms with Gasteiger partial charge in [0.05, 0.1) is 11.0 Å². The van der Waals surface area contributed by atoms with Crippen LogP contribution in [0, 0.1) is 15.9 Å². The van der Waals surface area contributed by atoms with Crippen LogP contribution < -0.4 is 10.6 Å². The zero-order chi connectivity index (χ0) is 15.4. The zero-order valence-electron chi connectivity index (χ0n) is 11.6. The fraction of sp³-hybridized carbons (Fsp3) is 0.462. The Morgan fingerprint density at radius 3 is 2.71 bits per heavy atom. The normalized spacial score (nSPS) is 17.2. The molecule has 1 saturated heterocycles. The predicted molar refractivity (Wildman–Crippen MR) is 75.6 cm³/mol. The van der Waals surface area contributed by atoms with Gasteiger partial charge in [0.15, 0.2) is 0 Å². The molecule has 1 amide bonds. The number of piperazine rings is 1. The molecular weight excluding hydrogens is 279 g/mol. The lowest BCUT2D eigenvalue weighted by Gasteiger charge is -2.31. The molecule has 1 aromatic carbocycles. The third-order valence-corrected chi connectivity index (χ3v) is 3.49. The van der Waals surface area contributed by atoms with Crippen LogP contribution in [0.2, 0.25) is 0 Å². The molecule has 0 spiro atoms. The first kappa shape index (κ1) is 15.3. The molecule has 0 radical (unpaired) electrons. The third-order valence-electron chi connectivity index (χ3n) is 3.49. The SMILES string of the molecule is CC(C(=O)Nc1ccc([N+](=O)[O-])c(F)c1)N1CCNCC1. The van der Waals surface area contributed by atoms with Crippen molar-refractivity contribution in [2.45, 2.75) is 13.0 Å². The predicted octanol–water partition coefficient (Wildman–Crippen LogP) is 0.966. The van der Waals surface area contributed by atoms with E-state index in [9.17, 15) is 19.3 Å². The van der Waals surface area contributed by atoms with E-state index in [1.165, 1.54) is 6.07 Å². The van der Waals surface area contributed by atoms with Gasteiger partial charge >= 0.3 is 5.69 Å². The molecule has 0 bridgehead atoms. The number of carbonyl (C=O) groups is 1. The quantitative estimate of drug-likeness (QED) is 0.638. The van der Waals surface area contributed by atoms with Gasteiger partial charge in [-0.25, -0.2) is 0 Å². The summed E-state index contributed by atoms with van der Waals surface area (Å²) in [5.41, 5.74) is -0.395. The van der Waals surface area contributed by atoms with Crippen LogP contribution in [0.3, 0.4) is 0 Å². The molecule has 1 unspecified atom stereocenters. The van der Waals surface area contributed by atoms with E-state index in [4.69, 9.17) is 0 Å². The number of carbonyl (C=O) groups excluding carboxylic acids is 1. The summed E-state index contributed by atoms with van der Waals surface area (Å²) >= 11 is 0. The fourth-order valence-electron chi connectivity index (χ4n) is 2.21. The van der Waals surface area contributed by atoms with Crippen LogP contribution in [0.25, 0.3) is 0 Å². The highest BCUT2D eigenvalue weighted by Gasteiger charge is 2.23. The first-order valence-corrected chi connectivity index (χ1v) is 6.68. The van der Waals surface area contributed by atoms with Crippen LogP contribution in [0.1, 0.15) is 6.92 Å². The number of nitrogens with zero attached hydrogens (tertiary/aromatic N) is 2. The van der Waals surface area contributed by atoms with Crippen molar-refractivity contribution in [3.8, 4) is 0 Å². The van der Waals surface area contributed by atoms with Gasteiger partial charge in [0, 0.05) is 44.0 Å². The van der Waals surface area contributed by atoms with E-state index in [0.29, 0.717) is 0 Å². The van der Waals surface area contributed by atoms with Crippen molar-refractivity contribution in [3.05, 3.63) is 34.1 Å². The second kappa shape index (κ2) is 6.59. The number of halogens is 1. The Morgan fingerprint density at radius 2 is 2.14 bits per heavy atom. The second-order valence-electron chi connectivity index (χ2n) is 4.87. The van der Waals surface area contributed by atoms with E-state index < -0.39 is 16.4 Å². The van der Waals surface area contributed by atoms with Crippen molar-refractivity contribution in [2.75, 3.05) is 31.5 Å². The molecule has 7 nitrogen and oxygen atoms in total. The maximum Gasteiger partial charge on any atom is 0.304 e. The van der Waals surface area contributed by atoms with E-state index in [1.54, 1.807) is 6.92 Å². The molecule has 1 aliphatic rings. The summed E-state index contributed by atoms with van der Waals surface area (Å²) in [4.78, 5) is 23.9. The number of anilines is 1.